The van der Waals surface area contributed by atoms with Crippen LogP contribution in [0.5, 0.6) is 0 Å². The van der Waals surface area contributed by atoms with E-state index < -0.39 is 0 Å². The number of hydrogen-bond acceptors (Lipinski definition) is 2. The molecule has 24 heavy (non-hydrogen) atoms. The molecule has 3 heteroatoms. The van der Waals surface area contributed by atoms with Gasteiger partial charge in [0.1, 0.15) is 0 Å². The first kappa shape index (κ1) is 21.5. The summed E-state index contributed by atoms with van der Waals surface area (Å²) in [6, 6.07) is 9.30. The van der Waals surface area contributed by atoms with Crippen molar-refractivity contribution in [2.24, 2.45) is 5.92 Å². The van der Waals surface area contributed by atoms with Gasteiger partial charge in [0.15, 0.2) is 0 Å². The van der Waals surface area contributed by atoms with Crippen LogP contribution in [0.1, 0.15) is 59.1 Å². The smallest absolute Gasteiger partial charge is 0.0678 e. The third-order valence-electron chi connectivity index (χ3n) is 5.27. The molecular formula is C21H35ClNO-. The first-order valence-corrected chi connectivity index (χ1v) is 9.27. The Morgan fingerprint density at radius 1 is 1.12 bits per heavy atom. The quantitative estimate of drug-likeness (QED) is 0.772. The molecule has 0 aliphatic carbocycles. The van der Waals surface area contributed by atoms with Crippen molar-refractivity contribution in [1.82, 2.24) is 4.90 Å². The highest BCUT2D eigenvalue weighted by Gasteiger charge is 2.23. The summed E-state index contributed by atoms with van der Waals surface area (Å²) in [5.41, 5.74) is 3.19. The molecule has 1 heterocycles. The molecule has 0 spiro atoms. The van der Waals surface area contributed by atoms with E-state index in [1.807, 2.05) is 0 Å². The Labute approximate surface area is 155 Å². The Bertz CT molecular complexity index is 475. The molecule has 1 aromatic carbocycles. The Hall–Kier alpha value is -0.570. The number of nitrogens with zero attached hydrogens (tertiary/aromatic N) is 1. The van der Waals surface area contributed by atoms with Crippen molar-refractivity contribution in [3.63, 3.8) is 0 Å². The number of hydrogen-bond donors (Lipinski definition) is 0. The largest absolute Gasteiger partial charge is 1.00 e. The van der Waals surface area contributed by atoms with Gasteiger partial charge in [-0.15, -0.1) is 0 Å². The Morgan fingerprint density at radius 2 is 1.67 bits per heavy atom. The van der Waals surface area contributed by atoms with Crippen LogP contribution in [0.25, 0.3) is 0 Å². The van der Waals surface area contributed by atoms with E-state index in [1.54, 1.807) is 0 Å². The molecule has 1 saturated heterocycles. The van der Waals surface area contributed by atoms with Gasteiger partial charge in [-0.2, -0.15) is 0 Å². The summed E-state index contributed by atoms with van der Waals surface area (Å²) in [5.74, 6) is 0.678. The summed E-state index contributed by atoms with van der Waals surface area (Å²) in [6.45, 7) is 17.0. The minimum Gasteiger partial charge on any atom is -1.00 e. The van der Waals surface area contributed by atoms with Crippen molar-refractivity contribution in [3.8, 4) is 0 Å². The van der Waals surface area contributed by atoms with E-state index in [1.165, 1.54) is 24.1 Å². The Kier molecular flexibility index (Phi) is 8.25. The molecule has 2 nitrogen and oxygen atoms in total. The second-order valence-electron chi connectivity index (χ2n) is 8.22. The predicted molar refractivity (Wildman–Crippen MR) is 99.1 cm³/mol. The molecule has 1 aromatic rings. The van der Waals surface area contributed by atoms with Crippen LogP contribution in [-0.2, 0) is 16.6 Å². The van der Waals surface area contributed by atoms with Crippen LogP contribution in [0.4, 0.5) is 0 Å². The lowest BCUT2D eigenvalue weighted by molar-refractivity contribution is -0.0709. The normalized spacial score (nSPS) is 23.6. The highest BCUT2D eigenvalue weighted by Crippen LogP contribution is 2.27. The molecule has 3 atom stereocenters. The molecule has 2 rings (SSSR count). The van der Waals surface area contributed by atoms with Crippen molar-refractivity contribution in [1.29, 1.82) is 0 Å². The molecular weight excluding hydrogens is 318 g/mol. The van der Waals surface area contributed by atoms with Gasteiger partial charge in [0.2, 0.25) is 0 Å². The van der Waals surface area contributed by atoms with E-state index in [-0.39, 0.29) is 17.8 Å². The molecule has 0 bridgehead atoms. The van der Waals surface area contributed by atoms with Crippen molar-refractivity contribution >= 4 is 0 Å². The number of halogens is 1. The highest BCUT2D eigenvalue weighted by atomic mass is 35.5. The van der Waals surface area contributed by atoms with Gasteiger partial charge >= 0.3 is 0 Å². The summed E-state index contributed by atoms with van der Waals surface area (Å²) < 4.78 is 5.83. The number of morpholine rings is 1. The topological polar surface area (TPSA) is 12.5 Å². The fourth-order valence-electron chi connectivity index (χ4n) is 3.64. The molecule has 1 aliphatic rings. The van der Waals surface area contributed by atoms with E-state index >= 15 is 0 Å². The van der Waals surface area contributed by atoms with Crippen LogP contribution in [0, 0.1) is 5.92 Å². The van der Waals surface area contributed by atoms with Gasteiger partial charge < -0.3 is 17.1 Å². The molecule has 1 fully saturated rings. The summed E-state index contributed by atoms with van der Waals surface area (Å²) in [5, 5.41) is 0. The summed E-state index contributed by atoms with van der Waals surface area (Å²) >= 11 is 0. The number of ether oxygens (including phenoxy) is 1. The average Bonchev–Trinajstić information content (AvgIpc) is 2.46. The average molecular weight is 353 g/mol. The minimum absolute atomic E-state index is 0. The second kappa shape index (κ2) is 9.22. The fraction of sp³-hybridized carbons (Fsp3) is 0.714. The van der Waals surface area contributed by atoms with Crippen LogP contribution in [0.2, 0.25) is 0 Å². The van der Waals surface area contributed by atoms with Crippen molar-refractivity contribution < 1.29 is 17.1 Å². The van der Waals surface area contributed by atoms with Gasteiger partial charge in [-0.3, -0.25) is 4.90 Å². The van der Waals surface area contributed by atoms with Gasteiger partial charge in [-0.1, -0.05) is 52.0 Å². The van der Waals surface area contributed by atoms with Gasteiger partial charge in [0, 0.05) is 19.6 Å². The molecule has 0 aromatic heterocycles. The maximum atomic E-state index is 5.83. The van der Waals surface area contributed by atoms with Gasteiger partial charge in [-0.25, -0.2) is 0 Å². The lowest BCUT2D eigenvalue weighted by Gasteiger charge is -2.36. The van der Waals surface area contributed by atoms with Crippen LogP contribution in [0.3, 0.4) is 0 Å². The minimum atomic E-state index is 0. The second-order valence-corrected chi connectivity index (χ2v) is 8.22. The van der Waals surface area contributed by atoms with Crippen molar-refractivity contribution in [3.05, 3.63) is 35.4 Å². The van der Waals surface area contributed by atoms with E-state index in [0.717, 1.165) is 19.5 Å². The number of benzene rings is 1. The predicted octanol–water partition coefficient (Wildman–Crippen LogP) is 1.67. The van der Waals surface area contributed by atoms with E-state index in [4.69, 9.17) is 4.74 Å². The highest BCUT2D eigenvalue weighted by molar-refractivity contribution is 5.28. The lowest BCUT2D eigenvalue weighted by atomic mass is 9.82. The summed E-state index contributed by atoms with van der Waals surface area (Å²) in [6.07, 6.45) is 3.06. The zero-order valence-electron chi connectivity index (χ0n) is 16.3. The summed E-state index contributed by atoms with van der Waals surface area (Å²) in [4.78, 5) is 2.57. The first-order valence-electron chi connectivity index (χ1n) is 9.27. The van der Waals surface area contributed by atoms with Crippen LogP contribution >= 0.6 is 0 Å². The maximum absolute atomic E-state index is 5.83. The molecule has 1 aliphatic heterocycles. The molecule has 0 radical (unpaired) electrons. The van der Waals surface area contributed by atoms with Crippen LogP contribution < -0.4 is 12.4 Å². The summed E-state index contributed by atoms with van der Waals surface area (Å²) in [7, 11) is 0. The maximum Gasteiger partial charge on any atom is 0.0678 e. The van der Waals surface area contributed by atoms with Crippen LogP contribution in [-0.4, -0.2) is 36.7 Å². The zero-order chi connectivity index (χ0) is 17.0. The SMILES string of the molecule is CCC(C)(C)c1ccc(CC(C)CN2CC(C)OC(C)C2)cc1.[Cl-]. The Morgan fingerprint density at radius 3 is 2.17 bits per heavy atom. The molecule has 138 valence electrons. The van der Waals surface area contributed by atoms with Crippen LogP contribution in [0.15, 0.2) is 24.3 Å². The van der Waals surface area contributed by atoms with Gasteiger partial charge in [-0.05, 0) is 49.1 Å². The lowest BCUT2D eigenvalue weighted by Crippen LogP contribution is -3.00. The van der Waals surface area contributed by atoms with Gasteiger partial charge in [0.05, 0.1) is 12.2 Å². The van der Waals surface area contributed by atoms with E-state index in [2.05, 4.69) is 70.7 Å². The van der Waals surface area contributed by atoms with E-state index in [9.17, 15) is 0 Å². The fourth-order valence-corrected chi connectivity index (χ4v) is 3.64. The first-order chi connectivity index (χ1) is 10.8. The molecule has 0 amide bonds. The Balaban J connectivity index is 0.00000288. The third kappa shape index (κ3) is 6.06. The standard InChI is InChI=1S/C21H35NO.ClH/c1-7-21(5,6)20-10-8-19(9-11-20)12-16(2)13-22-14-17(3)23-18(4)15-22;/h8-11,16-18H,7,12-15H2,1-6H3;1H/p-1. The molecule has 3 unspecified atom stereocenters. The zero-order valence-corrected chi connectivity index (χ0v) is 17.1. The van der Waals surface area contributed by atoms with Crippen molar-refractivity contribution in [2.45, 2.75) is 72.0 Å². The third-order valence-corrected chi connectivity index (χ3v) is 5.27. The molecule has 0 N–H and O–H groups in total. The number of rotatable bonds is 6. The van der Waals surface area contributed by atoms with Gasteiger partial charge in [0.25, 0.3) is 0 Å². The van der Waals surface area contributed by atoms with E-state index in [0.29, 0.717) is 18.1 Å². The van der Waals surface area contributed by atoms with Crippen molar-refractivity contribution in [2.75, 3.05) is 19.6 Å². The molecule has 0 saturated carbocycles. The monoisotopic (exact) mass is 352 g/mol.